The molecule has 1 unspecified atom stereocenters. The van der Waals surface area contributed by atoms with Crippen molar-refractivity contribution in [3.8, 4) is 0 Å². The van der Waals surface area contributed by atoms with Gasteiger partial charge in [0.2, 0.25) is 5.91 Å². The third kappa shape index (κ3) is 6.47. The van der Waals surface area contributed by atoms with Gasteiger partial charge < -0.3 is 10.6 Å². The van der Waals surface area contributed by atoms with Crippen LogP contribution in [0.1, 0.15) is 49.4 Å². The maximum atomic E-state index is 11.9. The molecule has 6 heteroatoms. The van der Waals surface area contributed by atoms with Gasteiger partial charge in [0.25, 0.3) is 5.91 Å². The molecule has 0 radical (unpaired) electrons. The summed E-state index contributed by atoms with van der Waals surface area (Å²) in [5.41, 5.74) is 1.35. The summed E-state index contributed by atoms with van der Waals surface area (Å²) >= 11 is 0. The maximum Gasteiger partial charge on any atom is 0.251 e. The highest BCUT2D eigenvalue weighted by Crippen LogP contribution is 2.39. The molecule has 126 valence electrons. The SMILES string of the molecule is CCNC(=O)c1ccc(NC(=O)CCCCC2CCSS2)cc1. The number of nitrogens with one attached hydrogen (secondary N) is 2. The first-order valence-electron chi connectivity index (χ1n) is 8.15. The van der Waals surface area contributed by atoms with Crippen molar-refractivity contribution >= 4 is 39.1 Å². The Morgan fingerprint density at radius 2 is 2.00 bits per heavy atom. The van der Waals surface area contributed by atoms with Crippen LogP contribution in [0.15, 0.2) is 24.3 Å². The van der Waals surface area contributed by atoms with Crippen molar-refractivity contribution in [1.29, 1.82) is 0 Å². The number of benzene rings is 1. The van der Waals surface area contributed by atoms with E-state index in [0.29, 0.717) is 18.5 Å². The predicted molar refractivity (Wildman–Crippen MR) is 100 cm³/mol. The first kappa shape index (κ1) is 18.2. The van der Waals surface area contributed by atoms with Crippen molar-refractivity contribution in [3.63, 3.8) is 0 Å². The minimum atomic E-state index is -0.0895. The highest BCUT2D eigenvalue weighted by atomic mass is 33.1. The molecule has 0 spiro atoms. The summed E-state index contributed by atoms with van der Waals surface area (Å²) < 4.78 is 0. The topological polar surface area (TPSA) is 58.2 Å². The van der Waals surface area contributed by atoms with E-state index in [1.807, 2.05) is 28.5 Å². The summed E-state index contributed by atoms with van der Waals surface area (Å²) in [4.78, 5) is 23.6. The number of rotatable bonds is 8. The standard InChI is InChI=1S/C17H24N2O2S2/c1-2-18-17(21)13-7-9-14(10-8-13)19-16(20)6-4-3-5-15-11-12-22-23-15/h7-10,15H,2-6,11-12H2,1H3,(H,18,21)(H,19,20). The average Bonchev–Trinajstić information content (AvgIpc) is 3.06. The van der Waals surface area contributed by atoms with Gasteiger partial charge in [-0.25, -0.2) is 0 Å². The van der Waals surface area contributed by atoms with Crippen molar-refractivity contribution in [2.24, 2.45) is 0 Å². The van der Waals surface area contributed by atoms with Crippen LogP contribution in [0.3, 0.4) is 0 Å². The number of carbonyl (C=O) groups excluding carboxylic acids is 2. The summed E-state index contributed by atoms with van der Waals surface area (Å²) in [5, 5.41) is 6.42. The second kappa shape index (κ2) is 9.88. The normalized spacial score (nSPS) is 17.0. The molecular weight excluding hydrogens is 328 g/mol. The molecule has 1 aromatic carbocycles. The molecule has 23 heavy (non-hydrogen) atoms. The molecule has 0 bridgehead atoms. The fraction of sp³-hybridized carbons (Fsp3) is 0.529. The Kier molecular flexibility index (Phi) is 7.82. The lowest BCUT2D eigenvalue weighted by Crippen LogP contribution is -2.22. The second-order valence-corrected chi connectivity index (χ2v) is 8.35. The molecule has 2 rings (SSSR count). The molecule has 2 amide bonds. The van der Waals surface area contributed by atoms with Gasteiger partial charge in [-0.05, 0) is 50.5 Å². The Hall–Kier alpha value is -1.14. The van der Waals surface area contributed by atoms with Crippen LogP contribution in [0.25, 0.3) is 0 Å². The maximum absolute atomic E-state index is 11.9. The van der Waals surface area contributed by atoms with Crippen molar-refractivity contribution in [3.05, 3.63) is 29.8 Å². The fourth-order valence-corrected chi connectivity index (χ4v) is 5.44. The van der Waals surface area contributed by atoms with Gasteiger partial charge in [-0.2, -0.15) is 0 Å². The van der Waals surface area contributed by atoms with Crippen molar-refractivity contribution in [1.82, 2.24) is 5.32 Å². The van der Waals surface area contributed by atoms with E-state index in [9.17, 15) is 9.59 Å². The molecule has 1 heterocycles. The Balaban J connectivity index is 1.67. The first-order chi connectivity index (χ1) is 11.2. The Bertz CT molecular complexity index is 514. The van der Waals surface area contributed by atoms with Crippen LogP contribution < -0.4 is 10.6 Å². The third-order valence-electron chi connectivity index (χ3n) is 3.68. The summed E-state index contributed by atoms with van der Waals surface area (Å²) in [6.07, 6.45) is 5.13. The largest absolute Gasteiger partial charge is 0.352 e. The zero-order valence-electron chi connectivity index (χ0n) is 13.5. The molecule has 2 N–H and O–H groups in total. The van der Waals surface area contributed by atoms with Crippen molar-refractivity contribution in [2.75, 3.05) is 17.6 Å². The summed E-state index contributed by atoms with van der Waals surface area (Å²) in [7, 11) is 3.96. The van der Waals surface area contributed by atoms with Crippen LogP contribution >= 0.6 is 21.6 Å². The van der Waals surface area contributed by atoms with E-state index in [0.717, 1.165) is 23.8 Å². The summed E-state index contributed by atoms with van der Waals surface area (Å²) in [6.45, 7) is 2.49. The summed E-state index contributed by atoms with van der Waals surface area (Å²) in [6, 6.07) is 7.01. The molecule has 1 saturated heterocycles. The number of hydrogen-bond acceptors (Lipinski definition) is 4. The Morgan fingerprint density at radius 1 is 1.22 bits per heavy atom. The van der Waals surface area contributed by atoms with Gasteiger partial charge in [-0.3, -0.25) is 9.59 Å². The van der Waals surface area contributed by atoms with Crippen LogP contribution in [0, 0.1) is 0 Å². The molecule has 1 aliphatic rings. The molecule has 0 saturated carbocycles. The van der Waals surface area contributed by atoms with Gasteiger partial charge in [0.05, 0.1) is 0 Å². The van der Waals surface area contributed by atoms with E-state index in [1.165, 1.54) is 18.6 Å². The Labute approximate surface area is 146 Å². The van der Waals surface area contributed by atoms with Gasteiger partial charge in [-0.15, -0.1) is 0 Å². The smallest absolute Gasteiger partial charge is 0.251 e. The molecule has 4 nitrogen and oxygen atoms in total. The second-order valence-electron chi connectivity index (χ2n) is 5.56. The minimum Gasteiger partial charge on any atom is -0.352 e. The molecule has 0 aliphatic carbocycles. The van der Waals surface area contributed by atoms with E-state index in [2.05, 4.69) is 10.6 Å². The van der Waals surface area contributed by atoms with Crippen LogP contribution in [0.4, 0.5) is 5.69 Å². The lowest BCUT2D eigenvalue weighted by molar-refractivity contribution is -0.116. The Morgan fingerprint density at radius 3 is 2.65 bits per heavy atom. The van der Waals surface area contributed by atoms with Crippen LogP contribution in [-0.4, -0.2) is 29.4 Å². The zero-order valence-corrected chi connectivity index (χ0v) is 15.1. The predicted octanol–water partition coefficient (Wildman–Crippen LogP) is 4.09. The van der Waals surface area contributed by atoms with Crippen molar-refractivity contribution < 1.29 is 9.59 Å². The number of anilines is 1. The molecule has 1 atom stereocenters. The number of amides is 2. The number of carbonyl (C=O) groups is 2. The molecule has 0 aromatic heterocycles. The number of hydrogen-bond donors (Lipinski definition) is 2. The van der Waals surface area contributed by atoms with E-state index in [4.69, 9.17) is 0 Å². The lowest BCUT2D eigenvalue weighted by atomic mass is 10.1. The lowest BCUT2D eigenvalue weighted by Gasteiger charge is -2.08. The third-order valence-corrected chi connectivity index (χ3v) is 6.68. The van der Waals surface area contributed by atoms with Gasteiger partial charge in [-0.1, -0.05) is 28.0 Å². The number of unbranched alkanes of at least 4 members (excludes halogenated alkanes) is 1. The van der Waals surface area contributed by atoms with Gasteiger partial charge in [0.15, 0.2) is 0 Å². The van der Waals surface area contributed by atoms with E-state index >= 15 is 0 Å². The molecule has 1 aliphatic heterocycles. The van der Waals surface area contributed by atoms with Crippen LogP contribution in [0.5, 0.6) is 0 Å². The van der Waals surface area contributed by atoms with Gasteiger partial charge in [0, 0.05) is 35.2 Å². The average molecular weight is 353 g/mol. The van der Waals surface area contributed by atoms with E-state index in [1.54, 1.807) is 24.3 Å². The minimum absolute atomic E-state index is 0.0456. The van der Waals surface area contributed by atoms with E-state index in [-0.39, 0.29) is 11.8 Å². The summed E-state index contributed by atoms with van der Waals surface area (Å²) in [5.74, 6) is 1.22. The van der Waals surface area contributed by atoms with Crippen molar-refractivity contribution in [2.45, 2.75) is 44.3 Å². The molecular formula is C17H24N2O2S2. The van der Waals surface area contributed by atoms with Crippen LogP contribution in [-0.2, 0) is 4.79 Å². The van der Waals surface area contributed by atoms with Crippen LogP contribution in [0.2, 0.25) is 0 Å². The van der Waals surface area contributed by atoms with E-state index < -0.39 is 0 Å². The fourth-order valence-electron chi connectivity index (χ4n) is 2.41. The van der Waals surface area contributed by atoms with Gasteiger partial charge >= 0.3 is 0 Å². The molecule has 1 fully saturated rings. The monoisotopic (exact) mass is 352 g/mol. The first-order valence-corrected chi connectivity index (χ1v) is 10.5. The highest BCUT2D eigenvalue weighted by molar-refractivity contribution is 8.77. The zero-order chi connectivity index (χ0) is 16.5. The molecule has 1 aromatic rings. The van der Waals surface area contributed by atoms with Gasteiger partial charge in [0.1, 0.15) is 0 Å². The highest BCUT2D eigenvalue weighted by Gasteiger charge is 2.15. The quantitative estimate of drug-likeness (QED) is 0.546.